The molecule has 1 aliphatic rings. The Bertz CT molecular complexity index is 616. The van der Waals surface area contributed by atoms with Crippen LogP contribution < -0.4 is 4.90 Å². The van der Waals surface area contributed by atoms with Gasteiger partial charge >= 0.3 is 0 Å². The van der Waals surface area contributed by atoms with Gasteiger partial charge in [-0.05, 0) is 19.4 Å². The fraction of sp³-hybridized carbons (Fsp3) is 0.500. The summed E-state index contributed by atoms with van der Waals surface area (Å²) in [6, 6.07) is 6.15. The van der Waals surface area contributed by atoms with Crippen molar-refractivity contribution < 1.29 is 4.79 Å². The first kappa shape index (κ1) is 15.8. The summed E-state index contributed by atoms with van der Waals surface area (Å²) in [6.45, 7) is 4.05. The van der Waals surface area contributed by atoms with Gasteiger partial charge in [0.1, 0.15) is 6.07 Å². The lowest BCUT2D eigenvalue weighted by molar-refractivity contribution is -0.133. The van der Waals surface area contributed by atoms with E-state index in [-0.39, 0.29) is 11.9 Å². The molecule has 0 saturated carbocycles. The second-order valence-electron chi connectivity index (χ2n) is 5.40. The van der Waals surface area contributed by atoms with Crippen LogP contribution in [0.4, 0.5) is 5.69 Å². The van der Waals surface area contributed by atoms with E-state index in [4.69, 9.17) is 10.5 Å². The van der Waals surface area contributed by atoms with Gasteiger partial charge in [0.05, 0.1) is 17.3 Å². The van der Waals surface area contributed by atoms with E-state index < -0.39 is 0 Å². The molecule has 1 unspecified atom stereocenters. The predicted molar refractivity (Wildman–Crippen MR) is 81.8 cm³/mol. The Kier molecular flexibility index (Phi) is 5.32. The molecule has 0 spiro atoms. The Morgan fingerprint density at radius 2 is 2.27 bits per heavy atom. The number of hydrogen-bond donors (Lipinski definition) is 0. The summed E-state index contributed by atoms with van der Waals surface area (Å²) in [7, 11) is 0. The highest BCUT2D eigenvalue weighted by atomic mass is 16.2. The van der Waals surface area contributed by atoms with Crippen molar-refractivity contribution in [1.29, 1.82) is 10.5 Å². The van der Waals surface area contributed by atoms with Gasteiger partial charge in [-0.15, -0.1) is 0 Å². The molecular formula is C16H19N5O. The smallest absolute Gasteiger partial charge is 0.222 e. The average Bonchev–Trinajstić information content (AvgIpc) is 2.54. The van der Waals surface area contributed by atoms with Gasteiger partial charge in [-0.25, -0.2) is 0 Å². The molecule has 0 aromatic carbocycles. The van der Waals surface area contributed by atoms with Crippen LogP contribution in [0.5, 0.6) is 0 Å². The largest absolute Gasteiger partial charge is 0.367 e. The molecule has 2 heterocycles. The maximum absolute atomic E-state index is 12.2. The summed E-state index contributed by atoms with van der Waals surface area (Å²) in [6.07, 6.45) is 4.71. The van der Waals surface area contributed by atoms with Crippen LogP contribution in [0.3, 0.4) is 0 Å². The van der Waals surface area contributed by atoms with Crippen molar-refractivity contribution >= 4 is 11.6 Å². The van der Waals surface area contributed by atoms with Crippen LogP contribution in [-0.4, -0.2) is 41.5 Å². The molecule has 2 rings (SSSR count). The van der Waals surface area contributed by atoms with Crippen LogP contribution in [0.2, 0.25) is 0 Å². The van der Waals surface area contributed by atoms with E-state index in [1.54, 1.807) is 12.4 Å². The van der Waals surface area contributed by atoms with Crippen LogP contribution in [0, 0.1) is 22.7 Å². The average molecular weight is 297 g/mol. The third kappa shape index (κ3) is 3.53. The van der Waals surface area contributed by atoms with Gasteiger partial charge in [-0.3, -0.25) is 9.78 Å². The first-order valence-corrected chi connectivity index (χ1v) is 7.43. The Labute approximate surface area is 130 Å². The molecule has 6 heteroatoms. The van der Waals surface area contributed by atoms with Crippen LogP contribution >= 0.6 is 0 Å². The van der Waals surface area contributed by atoms with Crippen molar-refractivity contribution in [3.8, 4) is 12.1 Å². The number of rotatable bonds is 4. The minimum Gasteiger partial charge on any atom is -0.367 e. The van der Waals surface area contributed by atoms with E-state index in [0.29, 0.717) is 44.5 Å². The number of anilines is 1. The second-order valence-corrected chi connectivity index (χ2v) is 5.40. The molecule has 1 fully saturated rings. The number of piperazine rings is 1. The van der Waals surface area contributed by atoms with E-state index in [2.05, 4.69) is 22.0 Å². The third-order valence-corrected chi connectivity index (χ3v) is 3.89. The van der Waals surface area contributed by atoms with Crippen LogP contribution in [-0.2, 0) is 4.79 Å². The van der Waals surface area contributed by atoms with Crippen LogP contribution in [0.25, 0.3) is 0 Å². The van der Waals surface area contributed by atoms with Gasteiger partial charge in [0.15, 0.2) is 0 Å². The first-order chi connectivity index (χ1) is 10.7. The van der Waals surface area contributed by atoms with Gasteiger partial charge in [0.2, 0.25) is 5.91 Å². The van der Waals surface area contributed by atoms with Crippen LogP contribution in [0.15, 0.2) is 18.5 Å². The van der Waals surface area contributed by atoms with Crippen molar-refractivity contribution in [3.05, 3.63) is 24.0 Å². The Morgan fingerprint density at radius 3 is 2.95 bits per heavy atom. The maximum Gasteiger partial charge on any atom is 0.222 e. The SMILES string of the molecule is CC1CN(c2ccncc2C#N)CCN1C(=O)CCCC#N. The molecule has 0 N–H and O–H groups in total. The molecule has 114 valence electrons. The number of amides is 1. The summed E-state index contributed by atoms with van der Waals surface area (Å²) in [4.78, 5) is 20.2. The number of pyridine rings is 1. The molecule has 1 amide bonds. The van der Waals surface area contributed by atoms with Crippen molar-refractivity contribution in [2.45, 2.75) is 32.2 Å². The van der Waals surface area contributed by atoms with Crippen LogP contribution in [0.1, 0.15) is 31.7 Å². The predicted octanol–water partition coefficient (Wildman–Crippen LogP) is 1.68. The normalized spacial score (nSPS) is 17.7. The van der Waals surface area contributed by atoms with Gasteiger partial charge in [0, 0.05) is 50.9 Å². The molecule has 1 atom stereocenters. The standard InChI is InChI=1S/C16H19N5O/c1-13-12-20(15-5-7-19-11-14(15)10-18)8-9-21(13)16(22)4-2-3-6-17/h5,7,11,13H,2-4,8-9,12H2,1H3. The molecule has 0 radical (unpaired) electrons. The van der Waals surface area contributed by atoms with E-state index in [1.165, 1.54) is 0 Å². The quantitative estimate of drug-likeness (QED) is 0.789. The third-order valence-electron chi connectivity index (χ3n) is 3.89. The monoisotopic (exact) mass is 297 g/mol. The van der Waals surface area contributed by atoms with Gasteiger partial charge in [-0.1, -0.05) is 0 Å². The number of nitriles is 2. The van der Waals surface area contributed by atoms with Gasteiger partial charge in [-0.2, -0.15) is 10.5 Å². The summed E-state index contributed by atoms with van der Waals surface area (Å²) in [5, 5.41) is 17.7. The highest BCUT2D eigenvalue weighted by molar-refractivity contribution is 5.77. The minimum absolute atomic E-state index is 0.0862. The molecule has 1 aliphatic heterocycles. The van der Waals surface area contributed by atoms with Crippen molar-refractivity contribution in [2.24, 2.45) is 0 Å². The lowest BCUT2D eigenvalue weighted by Crippen LogP contribution is -2.54. The van der Waals surface area contributed by atoms with Gasteiger partial charge in [0.25, 0.3) is 0 Å². The van der Waals surface area contributed by atoms with Crippen molar-refractivity contribution in [3.63, 3.8) is 0 Å². The number of hydrogen-bond acceptors (Lipinski definition) is 5. The minimum atomic E-state index is 0.0862. The lowest BCUT2D eigenvalue weighted by Gasteiger charge is -2.41. The summed E-state index contributed by atoms with van der Waals surface area (Å²) in [5.74, 6) is 0.109. The number of aromatic nitrogens is 1. The van der Waals surface area contributed by atoms with Crippen molar-refractivity contribution in [2.75, 3.05) is 24.5 Å². The summed E-state index contributed by atoms with van der Waals surface area (Å²) >= 11 is 0. The summed E-state index contributed by atoms with van der Waals surface area (Å²) < 4.78 is 0. The van der Waals surface area contributed by atoms with E-state index >= 15 is 0 Å². The molecule has 0 aliphatic carbocycles. The summed E-state index contributed by atoms with van der Waals surface area (Å²) in [5.41, 5.74) is 1.43. The van der Waals surface area contributed by atoms with E-state index in [0.717, 1.165) is 5.69 Å². The highest BCUT2D eigenvalue weighted by Crippen LogP contribution is 2.22. The molecule has 1 aromatic rings. The maximum atomic E-state index is 12.2. The zero-order valence-electron chi connectivity index (χ0n) is 12.7. The number of nitrogens with zero attached hydrogens (tertiary/aromatic N) is 5. The fourth-order valence-electron chi connectivity index (χ4n) is 2.76. The Morgan fingerprint density at radius 1 is 1.45 bits per heavy atom. The zero-order valence-corrected chi connectivity index (χ0v) is 12.7. The van der Waals surface area contributed by atoms with Gasteiger partial charge < -0.3 is 9.80 Å². The Balaban J connectivity index is 2.00. The molecular weight excluding hydrogens is 278 g/mol. The number of carbonyl (C=O) groups excluding carboxylic acids is 1. The Hall–Kier alpha value is -2.60. The number of carbonyl (C=O) groups is 1. The number of unbranched alkanes of at least 4 members (excludes halogenated alkanes) is 1. The highest BCUT2D eigenvalue weighted by Gasteiger charge is 2.28. The van der Waals surface area contributed by atoms with Crippen molar-refractivity contribution in [1.82, 2.24) is 9.88 Å². The lowest BCUT2D eigenvalue weighted by atomic mass is 10.1. The fourth-order valence-corrected chi connectivity index (χ4v) is 2.76. The molecule has 22 heavy (non-hydrogen) atoms. The topological polar surface area (TPSA) is 84.0 Å². The second kappa shape index (κ2) is 7.42. The molecule has 1 aromatic heterocycles. The van der Waals surface area contributed by atoms with E-state index in [1.807, 2.05) is 17.9 Å². The molecule has 1 saturated heterocycles. The molecule has 6 nitrogen and oxygen atoms in total. The zero-order chi connectivity index (χ0) is 15.9. The molecule has 0 bridgehead atoms. The first-order valence-electron chi connectivity index (χ1n) is 7.43. The van der Waals surface area contributed by atoms with E-state index in [9.17, 15) is 4.79 Å².